The van der Waals surface area contributed by atoms with Crippen molar-refractivity contribution in [3.05, 3.63) is 48.1 Å². The second-order valence-corrected chi connectivity index (χ2v) is 16.5. The molecule has 1 amide bonds. The Hall–Kier alpha value is -4.13. The largest absolute Gasteiger partial charge is 0.469 e. The molecule has 24 nitrogen and oxygen atoms in total. The summed E-state index contributed by atoms with van der Waals surface area (Å²) in [6.45, 7) is 1.76. The molecule has 0 aliphatic carbocycles. The van der Waals surface area contributed by atoms with E-state index in [1.807, 2.05) is 0 Å². The van der Waals surface area contributed by atoms with Crippen LogP contribution in [-0.2, 0) is 46.8 Å². The van der Waals surface area contributed by atoms with Gasteiger partial charge in [0.2, 0.25) is 5.91 Å². The van der Waals surface area contributed by atoms with Gasteiger partial charge in [-0.05, 0) is 18.7 Å². The van der Waals surface area contributed by atoms with Crippen molar-refractivity contribution < 1.29 is 66.6 Å². The van der Waals surface area contributed by atoms with Gasteiger partial charge in [0.1, 0.15) is 42.1 Å². The molecule has 3 aromatic rings. The third kappa shape index (κ3) is 10.2. The van der Waals surface area contributed by atoms with Crippen LogP contribution in [0, 0.1) is 0 Å². The zero-order chi connectivity index (χ0) is 40.9. The lowest BCUT2D eigenvalue weighted by Gasteiger charge is -2.26. The number of nitrogen functional groups attached to an aromatic ring is 2. The van der Waals surface area contributed by atoms with Crippen LogP contribution < -0.4 is 22.5 Å². The maximum absolute atomic E-state index is 13.9. The first-order valence-corrected chi connectivity index (χ1v) is 20.9. The maximum Gasteiger partial charge on any atom is 0.469 e. The Bertz CT molecular complexity index is 2100. The van der Waals surface area contributed by atoms with Gasteiger partial charge in [-0.15, -0.1) is 6.58 Å². The number of imidazole rings is 1. The van der Waals surface area contributed by atoms with E-state index < -0.39 is 113 Å². The van der Waals surface area contributed by atoms with E-state index in [0.29, 0.717) is 0 Å². The number of aliphatic hydroxyl groups excluding tert-OH is 1. The van der Waals surface area contributed by atoms with Crippen LogP contribution in [0.3, 0.4) is 0 Å². The minimum Gasteiger partial charge on any atom is -0.455 e. The molecule has 2 fully saturated rings. The highest BCUT2D eigenvalue weighted by Gasteiger charge is 2.52. The Labute approximate surface area is 320 Å². The van der Waals surface area contributed by atoms with Gasteiger partial charge >= 0.3 is 27.1 Å². The summed E-state index contributed by atoms with van der Waals surface area (Å²) in [6, 6.07) is -0.258. The van der Waals surface area contributed by atoms with E-state index in [4.69, 9.17) is 30.2 Å². The lowest BCUT2D eigenvalue weighted by Crippen LogP contribution is -2.47. The van der Waals surface area contributed by atoms with E-state index >= 15 is 0 Å². The molecular formula is C29H39N9O15P2S. The number of hydrogen-bond donors (Lipinski definition) is 7. The van der Waals surface area contributed by atoms with E-state index in [-0.39, 0.29) is 35.6 Å². The molecule has 2 aliphatic rings. The first-order chi connectivity index (χ1) is 26.4. The Morgan fingerprint density at radius 1 is 1.12 bits per heavy atom. The molecule has 5 heterocycles. The molecule has 9 N–H and O–H groups in total. The van der Waals surface area contributed by atoms with Crippen molar-refractivity contribution in [2.75, 3.05) is 30.9 Å². The molecule has 5 rings (SSSR count). The van der Waals surface area contributed by atoms with E-state index in [2.05, 4.69) is 36.4 Å². The lowest BCUT2D eigenvalue weighted by molar-refractivity contribution is -0.160. The van der Waals surface area contributed by atoms with Crippen LogP contribution in [-0.4, -0.2) is 121 Å². The van der Waals surface area contributed by atoms with Gasteiger partial charge in [0.25, 0.3) is 0 Å². The predicted octanol–water partition coefficient (Wildman–Crippen LogP) is -0.884. The molecule has 2 saturated heterocycles. The number of amides is 1. The van der Waals surface area contributed by atoms with Crippen LogP contribution in [0.15, 0.2) is 42.4 Å². The maximum atomic E-state index is 13.9. The average Bonchev–Trinajstić information content (AvgIpc) is 3.85. The number of thioether (sulfide) groups is 1. The number of aliphatic hydroxyl groups is 1. The summed E-state index contributed by atoms with van der Waals surface area (Å²) in [5, 5.41) is 13.5. The number of esters is 1. The monoisotopic (exact) mass is 847 g/mol. The number of carbonyl (C=O) groups excluding carboxylic acids is 3. The van der Waals surface area contributed by atoms with E-state index in [1.54, 1.807) is 0 Å². The number of rotatable bonds is 17. The van der Waals surface area contributed by atoms with Crippen molar-refractivity contribution in [1.82, 2.24) is 34.4 Å². The molecule has 0 spiro atoms. The van der Waals surface area contributed by atoms with Crippen molar-refractivity contribution in [3.63, 3.8) is 0 Å². The third-order valence-corrected chi connectivity index (χ3v) is 11.6. The predicted molar refractivity (Wildman–Crippen MR) is 193 cm³/mol. The Morgan fingerprint density at radius 3 is 2.54 bits per heavy atom. The molecule has 3 aromatic heterocycles. The molecule has 0 saturated carbocycles. The Morgan fingerprint density at radius 2 is 1.86 bits per heavy atom. The Kier molecular flexibility index (Phi) is 13.8. The fraction of sp³-hybridized carbons (Fsp3) is 0.517. The van der Waals surface area contributed by atoms with Crippen molar-refractivity contribution in [3.8, 4) is 0 Å². The van der Waals surface area contributed by atoms with Crippen molar-refractivity contribution in [2.45, 2.75) is 74.3 Å². The van der Waals surface area contributed by atoms with Crippen LogP contribution in [0.4, 0.5) is 11.6 Å². The number of anilines is 2. The van der Waals surface area contributed by atoms with Crippen LogP contribution in [0.5, 0.6) is 0 Å². The number of allylic oxidation sites excluding steroid dienone is 1. The van der Waals surface area contributed by atoms with E-state index in [9.17, 15) is 48.1 Å². The highest BCUT2D eigenvalue weighted by Crippen LogP contribution is 2.56. The molecule has 27 heteroatoms. The van der Waals surface area contributed by atoms with Crippen molar-refractivity contribution in [1.29, 1.82) is 0 Å². The number of ether oxygens (including phenoxy) is 3. The van der Waals surface area contributed by atoms with Crippen molar-refractivity contribution in [2.24, 2.45) is 0 Å². The summed E-state index contributed by atoms with van der Waals surface area (Å²) in [4.78, 5) is 96.8. The SMILES string of the molecule is C=CCCC(=O)N[C@@H](CC(=O)SC)C(=O)O[C@@H]1C(COP(=O)(O)[C@H]2C[C@H](n3ccc(N)nc3=O)OC2COP(=O)(O)O)O[C@@H](n2cnc3c(N)ncnc32)[C@@H]1O. The number of nitrogens with zero attached hydrogens (tertiary/aromatic N) is 6. The fourth-order valence-electron chi connectivity index (χ4n) is 5.92. The summed E-state index contributed by atoms with van der Waals surface area (Å²) in [7, 11) is -10.1. The standard InChI is InChI=1S/C29H39N9O15P2S/c1-3-4-5-19(39)35-14(8-21(40)56-2)28(42)53-24-16(52-27(23(24)41)38-13-34-22-25(31)32-12-33-26(22)38)11-49-54(44,45)17-9-20(37-7-6-18(30)36-29(37)43)51-15(17)10-50-55(46,47)48/h3,6-7,12-17,20,23-24,27,41H,1,4-5,8-11H2,2H3,(H,35,39)(H,44,45)(H2,30,36,43)(H2,31,32,33)(H2,46,47,48)/t14-,15?,16?,17-,20+,23+,24+,27+/m0/s1. The molecule has 3 unspecified atom stereocenters. The molecule has 0 aromatic carbocycles. The van der Waals surface area contributed by atoms with Gasteiger partial charge in [0.15, 0.2) is 28.9 Å². The topological polar surface area (TPSA) is 355 Å². The molecule has 0 bridgehead atoms. The van der Waals surface area contributed by atoms with Gasteiger partial charge in [-0.25, -0.2) is 29.1 Å². The highest BCUT2D eigenvalue weighted by molar-refractivity contribution is 8.13. The average molecular weight is 848 g/mol. The second-order valence-electron chi connectivity index (χ2n) is 12.4. The molecular weight excluding hydrogens is 808 g/mol. The molecule has 9 atom stereocenters. The summed E-state index contributed by atoms with van der Waals surface area (Å²) in [5.41, 5.74) is 9.22. The third-order valence-electron chi connectivity index (χ3n) is 8.63. The van der Waals surface area contributed by atoms with Gasteiger partial charge < -0.3 is 55.3 Å². The fourth-order valence-corrected chi connectivity index (χ4v) is 8.17. The molecule has 2 aliphatic heterocycles. The van der Waals surface area contributed by atoms with Crippen LogP contribution in [0.1, 0.15) is 38.1 Å². The quantitative estimate of drug-likeness (QED) is 0.0492. The number of hydrogen-bond acceptors (Lipinski definition) is 19. The minimum absolute atomic E-state index is 0.00907. The van der Waals surface area contributed by atoms with Crippen LogP contribution >= 0.6 is 27.2 Å². The minimum atomic E-state index is -5.12. The second kappa shape index (κ2) is 18.0. The van der Waals surface area contributed by atoms with E-state index in [0.717, 1.165) is 22.7 Å². The number of nitrogens with two attached hydrogens (primary N) is 2. The summed E-state index contributed by atoms with van der Waals surface area (Å²) in [5.74, 6) is -1.89. The zero-order valence-electron chi connectivity index (χ0n) is 29.4. The number of fused-ring (bicyclic) bond motifs is 1. The lowest BCUT2D eigenvalue weighted by atomic mass is 10.1. The number of aromatic nitrogens is 6. The number of carbonyl (C=O) groups is 3. The van der Waals surface area contributed by atoms with Gasteiger partial charge in [0, 0.05) is 25.5 Å². The van der Waals surface area contributed by atoms with Gasteiger partial charge in [0.05, 0.1) is 31.3 Å². The number of phosphoric acid groups is 1. The zero-order valence-corrected chi connectivity index (χ0v) is 32.0. The van der Waals surface area contributed by atoms with E-state index in [1.165, 1.54) is 35.5 Å². The van der Waals surface area contributed by atoms with Gasteiger partial charge in [-0.2, -0.15) is 4.98 Å². The highest BCUT2D eigenvalue weighted by atomic mass is 32.2. The number of nitrogens with one attached hydrogen (secondary N) is 1. The summed E-state index contributed by atoms with van der Waals surface area (Å²) in [6.07, 6.45) is -3.50. The smallest absolute Gasteiger partial charge is 0.455 e. The first kappa shape index (κ1) is 43.0. The normalized spacial score (nSPS) is 25.4. The molecule has 0 radical (unpaired) electrons. The van der Waals surface area contributed by atoms with Crippen molar-refractivity contribution >= 4 is 67.0 Å². The summed E-state index contributed by atoms with van der Waals surface area (Å²) >= 11 is 0.798. The molecule has 56 heavy (non-hydrogen) atoms. The Balaban J connectivity index is 1.42. The van der Waals surface area contributed by atoms with Gasteiger partial charge in [-0.3, -0.25) is 27.8 Å². The molecule has 306 valence electrons. The van der Waals surface area contributed by atoms with Crippen LogP contribution in [0.2, 0.25) is 0 Å². The van der Waals surface area contributed by atoms with Gasteiger partial charge in [-0.1, -0.05) is 17.8 Å². The van der Waals surface area contributed by atoms with Crippen LogP contribution in [0.25, 0.3) is 11.2 Å². The number of phosphoric ester groups is 1. The first-order valence-electron chi connectivity index (χ1n) is 16.5. The summed E-state index contributed by atoms with van der Waals surface area (Å²) < 4.78 is 55.1.